The first-order valence-electron chi connectivity index (χ1n) is 8.56. The quantitative estimate of drug-likeness (QED) is 0.711. The molecule has 158 valence electrons. The maximum atomic E-state index is 13.1. The van der Waals surface area contributed by atoms with Crippen LogP contribution in [0.5, 0.6) is 5.75 Å². The fraction of sp³-hybridized carbons (Fsp3) is 0.389. The van der Waals surface area contributed by atoms with Gasteiger partial charge in [-0.15, -0.1) is 6.58 Å². The van der Waals surface area contributed by atoms with Crippen LogP contribution in [0.1, 0.15) is 5.56 Å². The normalized spacial score (nSPS) is 21.5. The molecule has 2 aliphatic heterocycles. The summed E-state index contributed by atoms with van der Waals surface area (Å²) >= 11 is 0. The SMILES string of the molecule is C=CC(N1CCOCC1)S(=O)(=O)c1ccc2c(c1)C=C(C(=O)O)C(C(F)(F)F)O2. The van der Waals surface area contributed by atoms with E-state index < -0.39 is 39.0 Å². The van der Waals surface area contributed by atoms with Crippen LogP contribution in [0, 0.1) is 0 Å². The predicted molar refractivity (Wildman–Crippen MR) is 96.1 cm³/mol. The maximum Gasteiger partial charge on any atom is 0.430 e. The molecule has 1 N–H and O–H groups in total. The monoisotopic (exact) mass is 433 g/mol. The van der Waals surface area contributed by atoms with E-state index in [0.29, 0.717) is 26.3 Å². The van der Waals surface area contributed by atoms with Crippen LogP contribution in [-0.4, -0.2) is 68.4 Å². The van der Waals surface area contributed by atoms with Gasteiger partial charge in [-0.2, -0.15) is 13.2 Å². The molecule has 3 rings (SSSR count). The first kappa shape index (κ1) is 21.3. The lowest BCUT2D eigenvalue weighted by molar-refractivity contribution is -0.187. The van der Waals surface area contributed by atoms with E-state index >= 15 is 0 Å². The summed E-state index contributed by atoms with van der Waals surface area (Å²) in [7, 11) is -3.97. The Morgan fingerprint density at radius 1 is 1.31 bits per heavy atom. The van der Waals surface area contributed by atoms with Crippen LogP contribution in [0.15, 0.2) is 41.3 Å². The number of fused-ring (bicyclic) bond motifs is 1. The van der Waals surface area contributed by atoms with Crippen LogP contribution >= 0.6 is 0 Å². The number of rotatable bonds is 5. The number of nitrogens with zero attached hydrogens (tertiary/aromatic N) is 1. The van der Waals surface area contributed by atoms with Crippen LogP contribution in [0.3, 0.4) is 0 Å². The Bertz CT molecular complexity index is 951. The minimum Gasteiger partial charge on any atom is -0.478 e. The Hall–Kier alpha value is -2.37. The molecule has 29 heavy (non-hydrogen) atoms. The van der Waals surface area contributed by atoms with Gasteiger partial charge in [0.15, 0.2) is 9.84 Å². The molecular formula is C18H18F3NO6S. The van der Waals surface area contributed by atoms with E-state index in [1.54, 1.807) is 4.90 Å². The molecule has 2 aliphatic rings. The number of halogens is 3. The lowest BCUT2D eigenvalue weighted by atomic mass is 10.0. The third-order valence-corrected chi connectivity index (χ3v) is 6.65. The second kappa shape index (κ2) is 7.81. The Morgan fingerprint density at radius 3 is 2.52 bits per heavy atom. The van der Waals surface area contributed by atoms with E-state index in [1.807, 2.05) is 0 Å². The van der Waals surface area contributed by atoms with Gasteiger partial charge in [-0.05, 0) is 24.3 Å². The second-order valence-electron chi connectivity index (χ2n) is 6.46. The highest BCUT2D eigenvalue weighted by molar-refractivity contribution is 7.92. The van der Waals surface area contributed by atoms with Gasteiger partial charge >= 0.3 is 12.1 Å². The number of morpholine rings is 1. The molecule has 1 fully saturated rings. The number of carboxylic acid groups (broad SMARTS) is 1. The standard InChI is InChI=1S/C18H18F3NO6S/c1-2-15(22-5-7-27-8-6-22)29(25,26)12-3-4-14-11(9-12)10-13(17(23)24)16(28-14)18(19,20)21/h2-4,9-10,15-16H,1,5-8H2,(H,23,24). The zero-order valence-corrected chi connectivity index (χ0v) is 15.9. The number of hydrogen-bond donors (Lipinski definition) is 1. The first-order chi connectivity index (χ1) is 13.6. The van der Waals surface area contributed by atoms with Crippen molar-refractivity contribution in [2.24, 2.45) is 0 Å². The van der Waals surface area contributed by atoms with E-state index in [2.05, 4.69) is 6.58 Å². The highest BCUT2D eigenvalue weighted by Crippen LogP contribution is 2.38. The van der Waals surface area contributed by atoms with Gasteiger partial charge in [0, 0.05) is 18.7 Å². The van der Waals surface area contributed by atoms with Crippen molar-refractivity contribution in [2.75, 3.05) is 26.3 Å². The molecule has 2 heterocycles. The Kier molecular flexibility index (Phi) is 5.74. The number of ether oxygens (including phenoxy) is 2. The summed E-state index contributed by atoms with van der Waals surface area (Å²) in [5, 5.41) is 8.07. The number of carbonyl (C=O) groups is 1. The largest absolute Gasteiger partial charge is 0.478 e. The van der Waals surface area contributed by atoms with Gasteiger partial charge in [0.25, 0.3) is 0 Å². The highest BCUT2D eigenvalue weighted by atomic mass is 32.2. The molecule has 0 radical (unpaired) electrons. The molecule has 1 aromatic rings. The van der Waals surface area contributed by atoms with Crippen LogP contribution in [0.2, 0.25) is 0 Å². The van der Waals surface area contributed by atoms with Crippen molar-refractivity contribution >= 4 is 21.9 Å². The summed E-state index contributed by atoms with van der Waals surface area (Å²) in [6.45, 7) is 5.06. The molecule has 0 saturated carbocycles. The average Bonchev–Trinajstić information content (AvgIpc) is 2.67. The zero-order chi connectivity index (χ0) is 21.4. The Labute approximate surface area is 164 Å². The smallest absolute Gasteiger partial charge is 0.430 e. The average molecular weight is 433 g/mol. The van der Waals surface area contributed by atoms with Crippen molar-refractivity contribution in [3.8, 4) is 5.75 Å². The van der Waals surface area contributed by atoms with Crippen LogP contribution < -0.4 is 4.74 Å². The van der Waals surface area contributed by atoms with Gasteiger partial charge in [0.2, 0.25) is 6.10 Å². The van der Waals surface area contributed by atoms with Crippen molar-refractivity contribution in [1.29, 1.82) is 0 Å². The summed E-state index contributed by atoms with van der Waals surface area (Å²) in [5.41, 5.74) is -1.08. The molecule has 0 aliphatic carbocycles. The van der Waals surface area contributed by atoms with Crippen molar-refractivity contribution in [3.63, 3.8) is 0 Å². The lowest BCUT2D eigenvalue weighted by Gasteiger charge is -2.32. The van der Waals surface area contributed by atoms with E-state index in [0.717, 1.165) is 24.3 Å². The molecular weight excluding hydrogens is 415 g/mol. The molecule has 2 unspecified atom stereocenters. The Morgan fingerprint density at radius 2 is 1.97 bits per heavy atom. The summed E-state index contributed by atoms with van der Waals surface area (Å²) < 4.78 is 75.6. The van der Waals surface area contributed by atoms with Gasteiger partial charge in [-0.3, -0.25) is 4.90 Å². The number of hydrogen-bond acceptors (Lipinski definition) is 6. The minimum absolute atomic E-state index is 0.0613. The topological polar surface area (TPSA) is 93.1 Å². The summed E-state index contributed by atoms with van der Waals surface area (Å²) in [6, 6.07) is 3.34. The van der Waals surface area contributed by atoms with E-state index in [-0.39, 0.29) is 16.2 Å². The lowest BCUT2D eigenvalue weighted by Crippen LogP contribution is -2.46. The number of aliphatic carboxylic acids is 1. The summed E-state index contributed by atoms with van der Waals surface area (Å²) in [4.78, 5) is 12.8. The van der Waals surface area contributed by atoms with Gasteiger partial charge in [0.05, 0.1) is 23.7 Å². The van der Waals surface area contributed by atoms with Crippen LogP contribution in [-0.2, 0) is 19.4 Å². The minimum atomic E-state index is -4.93. The number of carboxylic acids is 1. The number of alkyl halides is 3. The van der Waals surface area contributed by atoms with Crippen molar-refractivity contribution in [2.45, 2.75) is 22.5 Å². The first-order valence-corrected chi connectivity index (χ1v) is 10.1. The van der Waals surface area contributed by atoms with Gasteiger partial charge < -0.3 is 14.6 Å². The van der Waals surface area contributed by atoms with Crippen LogP contribution in [0.4, 0.5) is 13.2 Å². The molecule has 0 aromatic heterocycles. The Balaban J connectivity index is 2.01. The fourth-order valence-corrected chi connectivity index (χ4v) is 4.90. The molecule has 0 bridgehead atoms. The second-order valence-corrected chi connectivity index (χ2v) is 8.51. The maximum absolute atomic E-state index is 13.1. The van der Waals surface area contributed by atoms with Gasteiger partial charge in [0.1, 0.15) is 11.1 Å². The molecule has 1 saturated heterocycles. The molecule has 11 heteroatoms. The molecule has 1 aromatic carbocycles. The van der Waals surface area contributed by atoms with Crippen molar-refractivity contribution in [1.82, 2.24) is 4.90 Å². The fourth-order valence-electron chi connectivity index (χ4n) is 3.22. The highest BCUT2D eigenvalue weighted by Gasteiger charge is 2.48. The van der Waals surface area contributed by atoms with E-state index in [9.17, 15) is 26.4 Å². The van der Waals surface area contributed by atoms with Crippen LogP contribution in [0.25, 0.3) is 6.08 Å². The molecule has 2 atom stereocenters. The van der Waals surface area contributed by atoms with Crippen molar-refractivity contribution in [3.05, 3.63) is 42.0 Å². The zero-order valence-electron chi connectivity index (χ0n) is 15.1. The summed E-state index contributed by atoms with van der Waals surface area (Å²) in [5.74, 6) is -2.05. The van der Waals surface area contributed by atoms with E-state index in [1.165, 1.54) is 6.08 Å². The molecule has 7 nitrogen and oxygen atoms in total. The third kappa shape index (κ3) is 4.16. The van der Waals surface area contributed by atoms with Gasteiger partial charge in [-0.1, -0.05) is 6.08 Å². The predicted octanol–water partition coefficient (Wildman–Crippen LogP) is 2.10. The van der Waals surface area contributed by atoms with Crippen molar-refractivity contribution < 1.29 is 41.0 Å². The third-order valence-electron chi connectivity index (χ3n) is 4.62. The number of benzene rings is 1. The molecule has 0 spiro atoms. The summed E-state index contributed by atoms with van der Waals surface area (Å²) in [6.07, 6.45) is -5.51. The number of sulfone groups is 1. The van der Waals surface area contributed by atoms with E-state index in [4.69, 9.17) is 14.6 Å². The van der Waals surface area contributed by atoms with Gasteiger partial charge in [-0.25, -0.2) is 13.2 Å². The molecule has 0 amide bonds.